The van der Waals surface area contributed by atoms with Gasteiger partial charge in [-0.25, -0.2) is 0 Å². The van der Waals surface area contributed by atoms with Gasteiger partial charge in [0.1, 0.15) is 11.5 Å². The highest BCUT2D eigenvalue weighted by Crippen LogP contribution is 2.33. The van der Waals surface area contributed by atoms with Crippen molar-refractivity contribution in [3.05, 3.63) is 48.1 Å². The molecule has 0 bridgehead atoms. The van der Waals surface area contributed by atoms with Crippen LogP contribution in [0.15, 0.2) is 36.5 Å². The van der Waals surface area contributed by atoms with Crippen LogP contribution in [0.5, 0.6) is 11.5 Å². The maximum absolute atomic E-state index is 9.99. The number of nitrogens with zero attached hydrogens (tertiary/aromatic N) is 1. The number of phenols is 2. The second kappa shape index (κ2) is 5.75. The molecule has 0 aliphatic carbocycles. The maximum Gasteiger partial charge on any atom is 0.128 e. The number of rotatable bonds is 5. The minimum Gasteiger partial charge on any atom is -0.508 e. The molecule has 0 spiro atoms. The van der Waals surface area contributed by atoms with Crippen molar-refractivity contribution in [3.63, 3.8) is 0 Å². The molecule has 0 amide bonds. The van der Waals surface area contributed by atoms with Crippen molar-refractivity contribution < 1.29 is 15.4 Å². The Morgan fingerprint density at radius 2 is 1.82 bits per heavy atom. The molecule has 4 nitrogen and oxygen atoms in total. The van der Waals surface area contributed by atoms with Crippen molar-refractivity contribution in [1.82, 2.24) is 0 Å². The lowest BCUT2D eigenvalue weighted by Crippen LogP contribution is -1.97. The first-order valence-electron chi connectivity index (χ1n) is 5.11. The predicted molar refractivity (Wildman–Crippen MR) is 67.0 cm³/mol. The maximum atomic E-state index is 9.99. The quantitative estimate of drug-likeness (QED) is 0.240. The summed E-state index contributed by atoms with van der Waals surface area (Å²) in [6, 6.07) is 1.48. The fourth-order valence-corrected chi connectivity index (χ4v) is 1.64. The van der Waals surface area contributed by atoms with Crippen molar-refractivity contribution in [2.24, 2.45) is 5.16 Å². The van der Waals surface area contributed by atoms with E-state index >= 15 is 0 Å². The summed E-state index contributed by atoms with van der Waals surface area (Å²) in [5.41, 5.74) is 1.30. The van der Waals surface area contributed by atoms with E-state index in [1.807, 2.05) is 0 Å². The third-order valence-electron chi connectivity index (χ3n) is 2.40. The summed E-state index contributed by atoms with van der Waals surface area (Å²) in [6.45, 7) is 7.14. The molecule has 0 atom stereocenters. The zero-order chi connectivity index (χ0) is 12.8. The minimum atomic E-state index is -0.0163. The van der Waals surface area contributed by atoms with Crippen LogP contribution in [0.3, 0.4) is 0 Å². The van der Waals surface area contributed by atoms with Crippen LogP contribution in [0.4, 0.5) is 0 Å². The fraction of sp³-hybridized carbons (Fsp3) is 0.154. The molecule has 0 aromatic heterocycles. The summed E-state index contributed by atoms with van der Waals surface area (Å²) in [5, 5.41) is 31.3. The third kappa shape index (κ3) is 2.66. The van der Waals surface area contributed by atoms with Crippen LogP contribution in [-0.4, -0.2) is 21.6 Å². The molecule has 1 rings (SSSR count). The SMILES string of the molecule is C=CCc1cc(O)c(CC=C)c(/C=N\O)c1O. The monoisotopic (exact) mass is 233 g/mol. The molecular weight excluding hydrogens is 218 g/mol. The molecule has 3 N–H and O–H groups in total. The van der Waals surface area contributed by atoms with Gasteiger partial charge in [0.05, 0.1) is 6.21 Å². The Labute approximate surface area is 99.8 Å². The Morgan fingerprint density at radius 1 is 1.18 bits per heavy atom. The molecule has 90 valence electrons. The molecule has 1 aromatic carbocycles. The van der Waals surface area contributed by atoms with E-state index in [2.05, 4.69) is 18.3 Å². The molecule has 0 radical (unpaired) electrons. The molecule has 0 aliphatic heterocycles. The van der Waals surface area contributed by atoms with Gasteiger partial charge >= 0.3 is 0 Å². The topological polar surface area (TPSA) is 73.1 Å². The van der Waals surface area contributed by atoms with E-state index in [1.165, 1.54) is 6.07 Å². The van der Waals surface area contributed by atoms with Gasteiger partial charge in [0.25, 0.3) is 0 Å². The molecule has 0 saturated carbocycles. The summed E-state index contributed by atoms with van der Waals surface area (Å²) < 4.78 is 0. The zero-order valence-electron chi connectivity index (χ0n) is 9.43. The van der Waals surface area contributed by atoms with Crippen LogP contribution in [0.2, 0.25) is 0 Å². The number of hydrogen-bond donors (Lipinski definition) is 3. The second-order valence-electron chi connectivity index (χ2n) is 3.53. The highest BCUT2D eigenvalue weighted by atomic mass is 16.4. The van der Waals surface area contributed by atoms with E-state index in [0.29, 0.717) is 29.5 Å². The number of oxime groups is 1. The standard InChI is InChI=1S/C13H15NO3/c1-3-5-9-7-12(15)10(6-4-2)11(8-14-17)13(9)16/h3-4,7-8,15-17H,1-2,5-6H2/b14-8-. The first-order valence-corrected chi connectivity index (χ1v) is 5.11. The average molecular weight is 233 g/mol. The predicted octanol–water partition coefficient (Wildman–Crippen LogP) is 2.36. The van der Waals surface area contributed by atoms with Crippen molar-refractivity contribution in [2.45, 2.75) is 12.8 Å². The number of phenolic OH excluding ortho intramolecular Hbond substituents is 2. The lowest BCUT2D eigenvalue weighted by Gasteiger charge is -2.12. The summed E-state index contributed by atoms with van der Waals surface area (Å²) in [4.78, 5) is 0. The van der Waals surface area contributed by atoms with Gasteiger partial charge in [-0.3, -0.25) is 0 Å². The van der Waals surface area contributed by atoms with E-state index < -0.39 is 0 Å². The Morgan fingerprint density at radius 3 is 2.35 bits per heavy atom. The van der Waals surface area contributed by atoms with E-state index in [-0.39, 0.29) is 11.5 Å². The molecular formula is C13H15NO3. The lowest BCUT2D eigenvalue weighted by molar-refractivity contribution is 0.321. The number of hydrogen-bond acceptors (Lipinski definition) is 4. The smallest absolute Gasteiger partial charge is 0.128 e. The van der Waals surface area contributed by atoms with Gasteiger partial charge in [0.15, 0.2) is 0 Å². The van der Waals surface area contributed by atoms with Crippen molar-refractivity contribution in [1.29, 1.82) is 0 Å². The largest absolute Gasteiger partial charge is 0.508 e. The van der Waals surface area contributed by atoms with Crippen LogP contribution >= 0.6 is 0 Å². The summed E-state index contributed by atoms with van der Waals surface area (Å²) in [6.07, 6.45) is 5.09. The van der Waals surface area contributed by atoms with Crippen LogP contribution < -0.4 is 0 Å². The van der Waals surface area contributed by atoms with E-state index in [0.717, 1.165) is 6.21 Å². The van der Waals surface area contributed by atoms with Crippen molar-refractivity contribution in [2.75, 3.05) is 0 Å². The Bertz CT molecular complexity index is 464. The molecule has 17 heavy (non-hydrogen) atoms. The molecule has 0 aliphatic rings. The van der Waals surface area contributed by atoms with Crippen LogP contribution in [-0.2, 0) is 12.8 Å². The molecule has 1 aromatic rings. The number of benzene rings is 1. The second-order valence-corrected chi connectivity index (χ2v) is 3.53. The Balaban J connectivity index is 3.45. The normalized spacial score (nSPS) is 10.6. The van der Waals surface area contributed by atoms with Crippen LogP contribution in [0.25, 0.3) is 0 Å². The highest BCUT2D eigenvalue weighted by Gasteiger charge is 2.14. The summed E-state index contributed by atoms with van der Waals surface area (Å²) in [7, 11) is 0. The van der Waals surface area contributed by atoms with Gasteiger partial charge in [-0.15, -0.1) is 13.2 Å². The Hall–Kier alpha value is -2.23. The van der Waals surface area contributed by atoms with E-state index in [1.54, 1.807) is 12.2 Å². The van der Waals surface area contributed by atoms with E-state index in [9.17, 15) is 10.2 Å². The van der Waals surface area contributed by atoms with Gasteiger partial charge in [0.2, 0.25) is 0 Å². The number of allylic oxidation sites excluding steroid dienone is 2. The molecule has 4 heteroatoms. The van der Waals surface area contributed by atoms with Crippen LogP contribution in [0.1, 0.15) is 16.7 Å². The minimum absolute atomic E-state index is 0.0163. The molecule has 0 heterocycles. The van der Waals surface area contributed by atoms with Crippen LogP contribution in [0, 0.1) is 0 Å². The summed E-state index contributed by atoms with van der Waals surface area (Å²) in [5.74, 6) is 0.0202. The molecule has 0 fully saturated rings. The average Bonchev–Trinajstić information content (AvgIpc) is 2.30. The molecule has 0 unspecified atom stereocenters. The third-order valence-corrected chi connectivity index (χ3v) is 2.40. The van der Waals surface area contributed by atoms with E-state index in [4.69, 9.17) is 5.21 Å². The highest BCUT2D eigenvalue weighted by molar-refractivity contribution is 5.87. The van der Waals surface area contributed by atoms with Gasteiger partial charge in [-0.2, -0.15) is 0 Å². The Kier molecular flexibility index (Phi) is 4.34. The molecule has 0 saturated heterocycles. The van der Waals surface area contributed by atoms with Gasteiger partial charge in [-0.1, -0.05) is 17.3 Å². The first-order chi connectivity index (χ1) is 8.15. The van der Waals surface area contributed by atoms with Gasteiger partial charge in [0, 0.05) is 16.7 Å². The first kappa shape index (κ1) is 12.8. The zero-order valence-corrected chi connectivity index (χ0v) is 9.43. The number of aromatic hydroxyl groups is 2. The van der Waals surface area contributed by atoms with Gasteiger partial charge < -0.3 is 15.4 Å². The lowest BCUT2D eigenvalue weighted by atomic mass is 9.97. The fourth-order valence-electron chi connectivity index (χ4n) is 1.64. The van der Waals surface area contributed by atoms with Crippen molar-refractivity contribution in [3.8, 4) is 11.5 Å². The summed E-state index contributed by atoms with van der Waals surface area (Å²) >= 11 is 0. The van der Waals surface area contributed by atoms with Gasteiger partial charge in [-0.05, 0) is 18.9 Å². The van der Waals surface area contributed by atoms with Crippen molar-refractivity contribution >= 4 is 6.21 Å².